The molecule has 0 fully saturated rings. The molecule has 8 heteroatoms. The van der Waals surface area contributed by atoms with Gasteiger partial charge in [-0.05, 0) is 44.5 Å². The van der Waals surface area contributed by atoms with Crippen molar-refractivity contribution in [1.82, 2.24) is 5.32 Å². The highest BCUT2D eigenvalue weighted by molar-refractivity contribution is 7.17. The van der Waals surface area contributed by atoms with Gasteiger partial charge >= 0.3 is 6.09 Å². The molecule has 25 heavy (non-hydrogen) atoms. The summed E-state index contributed by atoms with van der Waals surface area (Å²) in [6, 6.07) is 8.51. The highest BCUT2D eigenvalue weighted by atomic mass is 35.5. The maximum absolute atomic E-state index is 12.1. The van der Waals surface area contributed by atoms with Gasteiger partial charge in [0.1, 0.15) is 5.60 Å². The van der Waals surface area contributed by atoms with Crippen molar-refractivity contribution in [2.24, 2.45) is 0 Å². The Bertz CT molecular complexity index is 784. The second kappa shape index (κ2) is 7.76. The van der Waals surface area contributed by atoms with Gasteiger partial charge in [0.2, 0.25) is 0 Å². The van der Waals surface area contributed by atoms with Crippen LogP contribution in [0.3, 0.4) is 0 Å². The Balaban J connectivity index is 2.02. The molecular weight excluding hydrogens is 362 g/mol. The van der Waals surface area contributed by atoms with E-state index in [1.54, 1.807) is 51.1 Å². The van der Waals surface area contributed by atoms with Crippen molar-refractivity contribution < 1.29 is 14.3 Å². The number of anilines is 2. The Labute approximate surface area is 155 Å². The van der Waals surface area contributed by atoms with E-state index in [9.17, 15) is 9.59 Å². The zero-order valence-electron chi connectivity index (χ0n) is 14.2. The molecule has 2 amide bonds. The standard InChI is InChI=1S/C17H20ClN3O3S/c1-17(2,3)24-16(23)21-11-6-4-5-10(14(11)19)9-20-15(22)12-7-8-13(18)25-12/h4-8H,9,19H2,1-3H3,(H,20,22)(H,21,23). The minimum absolute atomic E-state index is 0.226. The second-order valence-corrected chi connectivity index (χ2v) is 8.01. The van der Waals surface area contributed by atoms with Crippen LogP contribution in [0.4, 0.5) is 16.2 Å². The molecule has 1 aromatic carbocycles. The zero-order valence-corrected chi connectivity index (χ0v) is 15.8. The third-order valence-corrected chi connectivity index (χ3v) is 4.30. The molecule has 0 spiro atoms. The summed E-state index contributed by atoms with van der Waals surface area (Å²) in [5.74, 6) is -0.234. The summed E-state index contributed by atoms with van der Waals surface area (Å²) in [6.45, 7) is 5.56. The highest BCUT2D eigenvalue weighted by Crippen LogP contribution is 2.24. The predicted molar refractivity (Wildman–Crippen MR) is 101 cm³/mol. The van der Waals surface area contributed by atoms with Gasteiger partial charge in [-0.2, -0.15) is 0 Å². The Kier molecular flexibility index (Phi) is 5.92. The summed E-state index contributed by atoms with van der Waals surface area (Å²) < 4.78 is 5.76. The fraction of sp³-hybridized carbons (Fsp3) is 0.294. The lowest BCUT2D eigenvalue weighted by Gasteiger charge is -2.20. The third-order valence-electron chi connectivity index (χ3n) is 3.07. The van der Waals surface area contributed by atoms with E-state index < -0.39 is 11.7 Å². The number of carbonyl (C=O) groups is 2. The summed E-state index contributed by atoms with van der Waals surface area (Å²) in [4.78, 5) is 24.5. The van der Waals surface area contributed by atoms with Gasteiger partial charge in [0.05, 0.1) is 20.6 Å². The van der Waals surface area contributed by atoms with Gasteiger partial charge in [-0.3, -0.25) is 10.1 Å². The molecule has 2 rings (SSSR count). The van der Waals surface area contributed by atoms with E-state index in [2.05, 4.69) is 10.6 Å². The molecule has 0 bridgehead atoms. The molecule has 4 N–H and O–H groups in total. The number of hydrogen-bond donors (Lipinski definition) is 3. The number of halogens is 1. The second-order valence-electron chi connectivity index (χ2n) is 6.29. The molecule has 134 valence electrons. The van der Waals surface area contributed by atoms with Gasteiger partial charge in [0.25, 0.3) is 5.91 Å². The number of hydrogen-bond acceptors (Lipinski definition) is 5. The molecule has 0 aliphatic carbocycles. The number of carbonyl (C=O) groups excluding carboxylic acids is 2. The van der Waals surface area contributed by atoms with E-state index in [1.165, 1.54) is 11.3 Å². The van der Waals surface area contributed by atoms with Crippen LogP contribution in [0.5, 0.6) is 0 Å². The maximum atomic E-state index is 12.1. The number of rotatable bonds is 4. The minimum atomic E-state index is -0.605. The fourth-order valence-electron chi connectivity index (χ4n) is 1.99. The van der Waals surface area contributed by atoms with E-state index in [0.717, 1.165) is 0 Å². The van der Waals surface area contributed by atoms with E-state index in [-0.39, 0.29) is 12.5 Å². The number of nitrogens with two attached hydrogens (primary N) is 1. The largest absolute Gasteiger partial charge is 0.444 e. The number of thiophene rings is 1. The number of nitrogens with one attached hydrogen (secondary N) is 2. The predicted octanol–water partition coefficient (Wildman–Crippen LogP) is 4.26. The molecule has 0 aliphatic rings. The van der Waals surface area contributed by atoms with Crippen LogP contribution in [-0.4, -0.2) is 17.6 Å². The van der Waals surface area contributed by atoms with Gasteiger partial charge < -0.3 is 15.8 Å². The van der Waals surface area contributed by atoms with Gasteiger partial charge in [-0.25, -0.2) is 4.79 Å². The van der Waals surface area contributed by atoms with Crippen LogP contribution >= 0.6 is 22.9 Å². The topological polar surface area (TPSA) is 93.5 Å². The first-order chi connectivity index (χ1) is 11.7. The van der Waals surface area contributed by atoms with Gasteiger partial charge in [0.15, 0.2) is 0 Å². The van der Waals surface area contributed by atoms with Gasteiger partial charge in [-0.15, -0.1) is 11.3 Å². The average Bonchev–Trinajstić information content (AvgIpc) is 2.92. The molecular formula is C17H20ClN3O3S. The molecule has 0 radical (unpaired) electrons. The van der Waals surface area contributed by atoms with Crippen molar-refractivity contribution >= 4 is 46.3 Å². The summed E-state index contributed by atoms with van der Waals surface area (Å²) in [7, 11) is 0. The van der Waals surface area contributed by atoms with Crippen molar-refractivity contribution in [3.8, 4) is 0 Å². The summed E-state index contributed by atoms with van der Waals surface area (Å²) in [6.07, 6.45) is -0.589. The highest BCUT2D eigenvalue weighted by Gasteiger charge is 2.17. The first-order valence-corrected chi connectivity index (χ1v) is 8.76. The van der Waals surface area contributed by atoms with Crippen LogP contribution in [0.1, 0.15) is 36.0 Å². The molecule has 0 saturated heterocycles. The molecule has 2 aromatic rings. The normalized spacial score (nSPS) is 11.0. The van der Waals surface area contributed by atoms with Crippen LogP contribution in [0, 0.1) is 0 Å². The van der Waals surface area contributed by atoms with Crippen LogP contribution in [0.2, 0.25) is 4.34 Å². The van der Waals surface area contributed by atoms with Crippen LogP contribution in [0.15, 0.2) is 30.3 Å². The number of nitrogen functional groups attached to an aromatic ring is 1. The van der Waals surface area contributed by atoms with E-state index in [1.807, 2.05) is 0 Å². The molecule has 1 aromatic heterocycles. The monoisotopic (exact) mass is 381 g/mol. The zero-order chi connectivity index (χ0) is 18.6. The summed E-state index contributed by atoms with van der Waals surface area (Å²) in [5, 5.41) is 5.39. The van der Waals surface area contributed by atoms with Gasteiger partial charge in [-0.1, -0.05) is 23.7 Å². The minimum Gasteiger partial charge on any atom is -0.444 e. The molecule has 0 aliphatic heterocycles. The first-order valence-electron chi connectivity index (χ1n) is 7.56. The number of para-hydroxylation sites is 1. The van der Waals surface area contributed by atoms with Crippen molar-refractivity contribution in [1.29, 1.82) is 0 Å². The lowest BCUT2D eigenvalue weighted by molar-refractivity contribution is 0.0635. The van der Waals surface area contributed by atoms with Crippen molar-refractivity contribution in [2.75, 3.05) is 11.1 Å². The Hall–Kier alpha value is -2.25. The van der Waals surface area contributed by atoms with Crippen LogP contribution < -0.4 is 16.4 Å². The molecule has 0 atom stereocenters. The molecule has 6 nitrogen and oxygen atoms in total. The van der Waals surface area contributed by atoms with Crippen molar-refractivity contribution in [3.63, 3.8) is 0 Å². The number of benzene rings is 1. The Morgan fingerprint density at radius 3 is 2.56 bits per heavy atom. The third kappa shape index (κ3) is 5.65. The number of amides is 2. The maximum Gasteiger partial charge on any atom is 0.412 e. The SMILES string of the molecule is CC(C)(C)OC(=O)Nc1cccc(CNC(=O)c2ccc(Cl)s2)c1N. The van der Waals surface area contributed by atoms with Crippen LogP contribution in [0.25, 0.3) is 0 Å². The summed E-state index contributed by atoms with van der Waals surface area (Å²) in [5.41, 5.74) is 6.97. The van der Waals surface area contributed by atoms with Crippen molar-refractivity contribution in [2.45, 2.75) is 32.9 Å². The van der Waals surface area contributed by atoms with Gasteiger partial charge in [0, 0.05) is 6.54 Å². The van der Waals surface area contributed by atoms with E-state index >= 15 is 0 Å². The Morgan fingerprint density at radius 2 is 1.96 bits per heavy atom. The molecule has 1 heterocycles. The van der Waals surface area contributed by atoms with Crippen molar-refractivity contribution in [3.05, 3.63) is 45.1 Å². The fourth-order valence-corrected chi connectivity index (χ4v) is 2.95. The smallest absolute Gasteiger partial charge is 0.412 e. The number of ether oxygens (including phenoxy) is 1. The quantitative estimate of drug-likeness (QED) is 0.689. The lowest BCUT2D eigenvalue weighted by atomic mass is 10.1. The van der Waals surface area contributed by atoms with E-state index in [0.29, 0.717) is 26.2 Å². The lowest BCUT2D eigenvalue weighted by Crippen LogP contribution is -2.27. The Morgan fingerprint density at radius 1 is 1.24 bits per heavy atom. The first kappa shape index (κ1) is 19.1. The van der Waals surface area contributed by atoms with E-state index in [4.69, 9.17) is 22.1 Å². The molecule has 0 unspecified atom stereocenters. The molecule has 0 saturated carbocycles. The summed E-state index contributed by atoms with van der Waals surface area (Å²) >= 11 is 7.03. The van der Waals surface area contributed by atoms with Crippen LogP contribution in [-0.2, 0) is 11.3 Å². The average molecular weight is 382 g/mol.